The van der Waals surface area contributed by atoms with Crippen LogP contribution in [-0.4, -0.2) is 27.6 Å². The zero-order chi connectivity index (χ0) is 15.5. The minimum atomic E-state index is -1.13. The Morgan fingerprint density at radius 1 is 1.48 bits per heavy atom. The number of carboxylic acid groups (broad SMARTS) is 1. The predicted molar refractivity (Wildman–Crippen MR) is 80.2 cm³/mol. The van der Waals surface area contributed by atoms with Crippen molar-refractivity contribution in [3.05, 3.63) is 16.1 Å². The molecule has 0 atom stereocenters. The van der Waals surface area contributed by atoms with Crippen molar-refractivity contribution in [3.63, 3.8) is 0 Å². The summed E-state index contributed by atoms with van der Waals surface area (Å²) < 4.78 is 0. The van der Waals surface area contributed by atoms with Gasteiger partial charge in [-0.05, 0) is 38.5 Å². The van der Waals surface area contributed by atoms with Crippen LogP contribution in [0.1, 0.15) is 43.2 Å². The SMILES string of the molecule is Cc1ncsc1CNC(=O)NC1(C(=O)O)CCC(C)CC1. The number of carboxylic acids is 1. The number of amides is 2. The number of aliphatic carboxylic acids is 1. The van der Waals surface area contributed by atoms with Crippen LogP contribution >= 0.6 is 11.3 Å². The Kier molecular flexibility index (Phi) is 4.82. The smallest absolute Gasteiger partial charge is 0.329 e. The fraction of sp³-hybridized carbons (Fsp3) is 0.643. The first-order valence-corrected chi connectivity index (χ1v) is 7.99. The van der Waals surface area contributed by atoms with Crippen molar-refractivity contribution < 1.29 is 14.7 Å². The standard InChI is InChI=1S/C14H21N3O3S/c1-9-3-5-14(6-4-9,12(18)19)17-13(20)15-7-11-10(2)16-8-21-11/h8-9H,3-7H2,1-2H3,(H,18,19)(H2,15,17,20). The highest BCUT2D eigenvalue weighted by atomic mass is 32.1. The molecule has 0 saturated heterocycles. The van der Waals surface area contributed by atoms with Crippen LogP contribution in [0.2, 0.25) is 0 Å². The lowest BCUT2D eigenvalue weighted by molar-refractivity contribution is -0.146. The van der Waals surface area contributed by atoms with Gasteiger partial charge in [-0.1, -0.05) is 6.92 Å². The van der Waals surface area contributed by atoms with Crippen LogP contribution in [0.25, 0.3) is 0 Å². The summed E-state index contributed by atoms with van der Waals surface area (Å²) in [6.07, 6.45) is 2.61. The molecule has 1 aliphatic carbocycles. The maximum Gasteiger partial charge on any atom is 0.329 e. The average molecular weight is 311 g/mol. The summed E-state index contributed by atoms with van der Waals surface area (Å²) >= 11 is 1.47. The van der Waals surface area contributed by atoms with Crippen molar-refractivity contribution in [2.45, 2.75) is 51.6 Å². The molecule has 6 nitrogen and oxygen atoms in total. The van der Waals surface area contributed by atoms with Crippen molar-refractivity contribution in [3.8, 4) is 0 Å². The lowest BCUT2D eigenvalue weighted by atomic mass is 9.77. The van der Waals surface area contributed by atoms with E-state index < -0.39 is 17.5 Å². The number of urea groups is 1. The molecule has 1 saturated carbocycles. The van der Waals surface area contributed by atoms with E-state index in [1.807, 2.05) is 6.92 Å². The molecule has 2 amide bonds. The van der Waals surface area contributed by atoms with Gasteiger partial charge in [0.1, 0.15) is 5.54 Å². The zero-order valence-electron chi connectivity index (χ0n) is 12.3. The van der Waals surface area contributed by atoms with Gasteiger partial charge in [0.25, 0.3) is 0 Å². The summed E-state index contributed by atoms with van der Waals surface area (Å²) in [6.45, 7) is 4.36. The van der Waals surface area contributed by atoms with E-state index in [1.54, 1.807) is 5.51 Å². The molecule has 1 aliphatic rings. The molecule has 1 aromatic heterocycles. The maximum absolute atomic E-state index is 12.0. The molecule has 116 valence electrons. The highest BCUT2D eigenvalue weighted by Crippen LogP contribution is 2.32. The van der Waals surface area contributed by atoms with E-state index in [4.69, 9.17) is 0 Å². The molecule has 7 heteroatoms. The second kappa shape index (κ2) is 6.43. The minimum absolute atomic E-state index is 0.369. The topological polar surface area (TPSA) is 91.3 Å². The van der Waals surface area contributed by atoms with Gasteiger partial charge in [0, 0.05) is 4.88 Å². The monoisotopic (exact) mass is 311 g/mol. The minimum Gasteiger partial charge on any atom is -0.480 e. The van der Waals surface area contributed by atoms with E-state index in [1.165, 1.54) is 11.3 Å². The molecule has 3 N–H and O–H groups in total. The molecule has 1 aromatic rings. The first-order chi connectivity index (χ1) is 9.93. The molecular weight excluding hydrogens is 290 g/mol. The molecular formula is C14H21N3O3S. The van der Waals surface area contributed by atoms with Gasteiger partial charge in [-0.3, -0.25) is 0 Å². The van der Waals surface area contributed by atoms with Crippen molar-refractivity contribution in [2.24, 2.45) is 5.92 Å². The van der Waals surface area contributed by atoms with Crippen molar-refractivity contribution in [1.29, 1.82) is 0 Å². The Hall–Kier alpha value is -1.63. The van der Waals surface area contributed by atoms with Crippen LogP contribution in [-0.2, 0) is 11.3 Å². The number of hydrogen-bond acceptors (Lipinski definition) is 4. The molecule has 1 heterocycles. The van der Waals surface area contributed by atoms with Crippen molar-refractivity contribution in [2.75, 3.05) is 0 Å². The van der Waals surface area contributed by atoms with Gasteiger partial charge >= 0.3 is 12.0 Å². The number of carbonyl (C=O) groups excluding carboxylic acids is 1. The molecule has 2 rings (SSSR count). The number of carbonyl (C=O) groups is 2. The van der Waals surface area contributed by atoms with Gasteiger partial charge in [-0.15, -0.1) is 11.3 Å². The maximum atomic E-state index is 12.0. The van der Waals surface area contributed by atoms with Gasteiger partial charge in [-0.25, -0.2) is 14.6 Å². The summed E-state index contributed by atoms with van der Waals surface area (Å²) in [7, 11) is 0. The van der Waals surface area contributed by atoms with Gasteiger partial charge in [0.05, 0.1) is 17.7 Å². The summed E-state index contributed by atoms with van der Waals surface area (Å²) in [5, 5.41) is 14.9. The Morgan fingerprint density at radius 3 is 2.67 bits per heavy atom. The normalized spacial score (nSPS) is 25.3. The van der Waals surface area contributed by atoms with Crippen LogP contribution in [0, 0.1) is 12.8 Å². The number of nitrogens with one attached hydrogen (secondary N) is 2. The molecule has 1 fully saturated rings. The second-order valence-corrected chi connectivity index (χ2v) is 6.68. The number of hydrogen-bond donors (Lipinski definition) is 3. The first kappa shape index (κ1) is 15.8. The lowest BCUT2D eigenvalue weighted by Gasteiger charge is -2.36. The second-order valence-electron chi connectivity index (χ2n) is 5.74. The van der Waals surface area contributed by atoms with E-state index in [2.05, 4.69) is 22.5 Å². The van der Waals surface area contributed by atoms with E-state index in [0.717, 1.165) is 23.4 Å². The molecule has 0 unspecified atom stereocenters. The van der Waals surface area contributed by atoms with Crippen molar-refractivity contribution in [1.82, 2.24) is 15.6 Å². The Labute approximate surface area is 128 Å². The predicted octanol–water partition coefficient (Wildman–Crippen LogP) is 2.28. The van der Waals surface area contributed by atoms with Gasteiger partial charge in [0.2, 0.25) is 0 Å². The van der Waals surface area contributed by atoms with Gasteiger partial charge in [0.15, 0.2) is 0 Å². The number of nitrogens with zero attached hydrogens (tertiary/aromatic N) is 1. The van der Waals surface area contributed by atoms with E-state index in [-0.39, 0.29) is 0 Å². The zero-order valence-corrected chi connectivity index (χ0v) is 13.1. The third kappa shape index (κ3) is 3.72. The molecule has 0 radical (unpaired) electrons. The Morgan fingerprint density at radius 2 is 2.14 bits per heavy atom. The third-order valence-electron chi connectivity index (χ3n) is 4.14. The fourth-order valence-corrected chi connectivity index (χ4v) is 3.28. The number of thiazole rings is 1. The van der Waals surface area contributed by atoms with E-state index >= 15 is 0 Å². The molecule has 0 bridgehead atoms. The highest BCUT2D eigenvalue weighted by Gasteiger charge is 2.42. The molecule has 0 aromatic carbocycles. The summed E-state index contributed by atoms with van der Waals surface area (Å²) in [5.74, 6) is -0.430. The van der Waals surface area contributed by atoms with Crippen LogP contribution in [0.15, 0.2) is 5.51 Å². The fourth-order valence-electron chi connectivity index (χ4n) is 2.57. The quantitative estimate of drug-likeness (QED) is 0.795. The van der Waals surface area contributed by atoms with Gasteiger partial charge < -0.3 is 15.7 Å². The number of rotatable bonds is 4. The van der Waals surface area contributed by atoms with Crippen molar-refractivity contribution >= 4 is 23.3 Å². The van der Waals surface area contributed by atoms with Crippen LogP contribution in [0.4, 0.5) is 4.79 Å². The molecule has 0 aliphatic heterocycles. The molecule has 21 heavy (non-hydrogen) atoms. The first-order valence-electron chi connectivity index (χ1n) is 7.11. The van der Waals surface area contributed by atoms with Crippen LogP contribution in [0.5, 0.6) is 0 Å². The Bertz CT molecular complexity index is 521. The summed E-state index contributed by atoms with van der Waals surface area (Å²) in [5.41, 5.74) is 1.49. The largest absolute Gasteiger partial charge is 0.480 e. The highest BCUT2D eigenvalue weighted by molar-refractivity contribution is 7.09. The van der Waals surface area contributed by atoms with E-state index in [9.17, 15) is 14.7 Å². The summed E-state index contributed by atoms with van der Waals surface area (Å²) in [6, 6.07) is -0.431. The average Bonchev–Trinajstić information content (AvgIpc) is 2.84. The summed E-state index contributed by atoms with van der Waals surface area (Å²) in [4.78, 5) is 28.7. The Balaban J connectivity index is 1.93. The van der Waals surface area contributed by atoms with Crippen LogP contribution < -0.4 is 10.6 Å². The number of aryl methyl sites for hydroxylation is 1. The van der Waals surface area contributed by atoms with E-state index in [0.29, 0.717) is 25.3 Å². The van der Waals surface area contributed by atoms with Crippen LogP contribution in [0.3, 0.4) is 0 Å². The lowest BCUT2D eigenvalue weighted by Crippen LogP contribution is -2.58. The molecule has 0 spiro atoms. The van der Waals surface area contributed by atoms with Gasteiger partial charge in [-0.2, -0.15) is 0 Å². The number of aromatic nitrogens is 1. The third-order valence-corrected chi connectivity index (χ3v) is 5.08.